The average Bonchev–Trinajstić information content (AvgIpc) is 2.67. The molecular weight excluding hydrogens is 300 g/mol. The number of unbranched alkanes of at least 4 members (excludes halogenated alkanes) is 3. The summed E-state index contributed by atoms with van der Waals surface area (Å²) in [5.74, 6) is 0. The monoisotopic (exact) mass is 340 g/mol. The predicted molar refractivity (Wildman–Crippen MR) is 101 cm³/mol. The van der Waals surface area contributed by atoms with Gasteiger partial charge in [-0.05, 0) is 47.0 Å². The molecule has 0 aromatic carbocycles. The lowest BCUT2D eigenvalue weighted by molar-refractivity contribution is 0.0488. The Labute approximate surface area is 149 Å². The largest absolute Gasteiger partial charge is 0.444 e. The molecule has 4 nitrogen and oxygen atoms in total. The molecule has 0 aromatic heterocycles. The molecule has 1 aliphatic carbocycles. The third-order valence-corrected chi connectivity index (χ3v) is 4.71. The summed E-state index contributed by atoms with van der Waals surface area (Å²) in [7, 11) is 0. The maximum absolute atomic E-state index is 12.2. The van der Waals surface area contributed by atoms with Crippen molar-refractivity contribution in [2.75, 3.05) is 0 Å². The van der Waals surface area contributed by atoms with Gasteiger partial charge in [0.15, 0.2) is 0 Å². The second-order valence-electron chi connectivity index (χ2n) is 8.41. The summed E-state index contributed by atoms with van der Waals surface area (Å²) in [6.45, 7) is 10.3. The summed E-state index contributed by atoms with van der Waals surface area (Å²) in [6, 6.07) is 1.05. The number of ether oxygens (including phenoxy) is 1. The van der Waals surface area contributed by atoms with Crippen molar-refractivity contribution < 1.29 is 9.53 Å². The SMILES string of the molecule is CCCCCCC(C)NC1CCCCCC1NC(=O)OC(C)(C)C. The lowest BCUT2D eigenvalue weighted by Gasteiger charge is -2.31. The van der Waals surface area contributed by atoms with Gasteiger partial charge >= 0.3 is 6.09 Å². The minimum absolute atomic E-state index is 0.181. The smallest absolute Gasteiger partial charge is 0.407 e. The molecule has 4 heteroatoms. The maximum Gasteiger partial charge on any atom is 0.407 e. The Morgan fingerprint density at radius 3 is 2.38 bits per heavy atom. The molecule has 1 fully saturated rings. The van der Waals surface area contributed by atoms with E-state index in [0.29, 0.717) is 12.1 Å². The van der Waals surface area contributed by atoms with Crippen molar-refractivity contribution in [2.45, 2.75) is 123 Å². The normalized spacial score (nSPS) is 23.4. The summed E-state index contributed by atoms with van der Waals surface area (Å²) in [5, 5.41) is 6.91. The van der Waals surface area contributed by atoms with Crippen molar-refractivity contribution in [1.82, 2.24) is 10.6 Å². The Kier molecular flexibility index (Phi) is 9.72. The number of hydrogen-bond acceptors (Lipinski definition) is 3. The van der Waals surface area contributed by atoms with Crippen LogP contribution in [0.1, 0.15) is 98.8 Å². The van der Waals surface area contributed by atoms with Crippen LogP contribution in [0.4, 0.5) is 4.79 Å². The lowest BCUT2D eigenvalue weighted by atomic mass is 10.0. The Morgan fingerprint density at radius 2 is 1.75 bits per heavy atom. The minimum Gasteiger partial charge on any atom is -0.444 e. The van der Waals surface area contributed by atoms with Gasteiger partial charge < -0.3 is 15.4 Å². The van der Waals surface area contributed by atoms with E-state index < -0.39 is 5.60 Å². The molecule has 24 heavy (non-hydrogen) atoms. The summed E-state index contributed by atoms with van der Waals surface area (Å²) in [6.07, 6.45) is 12.0. The van der Waals surface area contributed by atoms with Crippen LogP contribution in [0.2, 0.25) is 0 Å². The Hall–Kier alpha value is -0.770. The molecule has 1 amide bonds. The van der Waals surface area contributed by atoms with E-state index in [1.165, 1.54) is 51.4 Å². The van der Waals surface area contributed by atoms with Gasteiger partial charge in [-0.3, -0.25) is 0 Å². The van der Waals surface area contributed by atoms with Gasteiger partial charge in [0.05, 0.1) is 0 Å². The average molecular weight is 341 g/mol. The van der Waals surface area contributed by atoms with Gasteiger partial charge in [0.2, 0.25) is 0 Å². The molecule has 1 saturated carbocycles. The van der Waals surface area contributed by atoms with E-state index in [9.17, 15) is 4.79 Å². The van der Waals surface area contributed by atoms with E-state index in [-0.39, 0.29) is 12.1 Å². The molecule has 0 saturated heterocycles. The van der Waals surface area contributed by atoms with Gasteiger partial charge in [-0.2, -0.15) is 0 Å². The number of nitrogens with one attached hydrogen (secondary N) is 2. The van der Waals surface area contributed by atoms with Crippen LogP contribution in [0, 0.1) is 0 Å². The second-order valence-corrected chi connectivity index (χ2v) is 8.41. The van der Waals surface area contributed by atoms with Crippen LogP contribution >= 0.6 is 0 Å². The Balaban J connectivity index is 2.48. The number of rotatable bonds is 8. The quantitative estimate of drug-likeness (QED) is 0.474. The van der Waals surface area contributed by atoms with Gasteiger partial charge in [-0.15, -0.1) is 0 Å². The van der Waals surface area contributed by atoms with Crippen LogP contribution in [-0.2, 0) is 4.74 Å². The lowest BCUT2D eigenvalue weighted by Crippen LogP contribution is -2.52. The first kappa shape index (κ1) is 21.3. The van der Waals surface area contributed by atoms with E-state index in [2.05, 4.69) is 24.5 Å². The molecule has 1 rings (SSSR count). The third kappa shape index (κ3) is 9.51. The molecule has 1 aliphatic rings. The van der Waals surface area contributed by atoms with Gasteiger partial charge in [0, 0.05) is 18.1 Å². The van der Waals surface area contributed by atoms with E-state index >= 15 is 0 Å². The zero-order valence-electron chi connectivity index (χ0n) is 16.6. The molecular formula is C20H40N2O2. The second kappa shape index (κ2) is 11.0. The molecule has 0 aromatic rings. The Bertz CT molecular complexity index is 352. The van der Waals surface area contributed by atoms with Crippen LogP contribution in [0.15, 0.2) is 0 Å². The highest BCUT2D eigenvalue weighted by atomic mass is 16.6. The molecule has 3 unspecified atom stereocenters. The van der Waals surface area contributed by atoms with Crippen molar-refractivity contribution in [3.05, 3.63) is 0 Å². The van der Waals surface area contributed by atoms with Crippen LogP contribution in [0.25, 0.3) is 0 Å². The maximum atomic E-state index is 12.2. The van der Waals surface area contributed by atoms with Crippen molar-refractivity contribution in [2.24, 2.45) is 0 Å². The summed E-state index contributed by atoms with van der Waals surface area (Å²) < 4.78 is 5.45. The minimum atomic E-state index is -0.440. The van der Waals surface area contributed by atoms with E-state index in [4.69, 9.17) is 4.74 Å². The van der Waals surface area contributed by atoms with Crippen LogP contribution in [0.3, 0.4) is 0 Å². The number of alkyl carbamates (subject to hydrolysis) is 1. The summed E-state index contributed by atoms with van der Waals surface area (Å²) >= 11 is 0. The Morgan fingerprint density at radius 1 is 1.08 bits per heavy atom. The molecule has 0 bridgehead atoms. The van der Waals surface area contributed by atoms with Gasteiger partial charge in [-0.25, -0.2) is 4.79 Å². The first-order valence-electron chi connectivity index (χ1n) is 10.1. The first-order chi connectivity index (χ1) is 11.3. The number of amides is 1. The molecule has 0 spiro atoms. The van der Waals surface area contributed by atoms with E-state index in [0.717, 1.165) is 12.8 Å². The highest BCUT2D eigenvalue weighted by molar-refractivity contribution is 5.68. The van der Waals surface area contributed by atoms with Crippen molar-refractivity contribution in [1.29, 1.82) is 0 Å². The fourth-order valence-corrected chi connectivity index (χ4v) is 3.46. The van der Waals surface area contributed by atoms with E-state index in [1.54, 1.807) is 0 Å². The highest BCUT2D eigenvalue weighted by Gasteiger charge is 2.27. The molecule has 0 radical (unpaired) electrons. The van der Waals surface area contributed by atoms with Crippen LogP contribution in [-0.4, -0.2) is 29.8 Å². The number of carbonyl (C=O) groups is 1. The predicted octanol–water partition coefficient (Wildman–Crippen LogP) is 5.16. The zero-order chi connectivity index (χ0) is 18.0. The first-order valence-corrected chi connectivity index (χ1v) is 10.1. The zero-order valence-corrected chi connectivity index (χ0v) is 16.6. The fraction of sp³-hybridized carbons (Fsp3) is 0.950. The fourth-order valence-electron chi connectivity index (χ4n) is 3.46. The molecule has 0 aliphatic heterocycles. The summed E-state index contributed by atoms with van der Waals surface area (Å²) in [5.41, 5.74) is -0.440. The molecule has 3 atom stereocenters. The highest BCUT2D eigenvalue weighted by Crippen LogP contribution is 2.20. The number of carbonyl (C=O) groups excluding carboxylic acids is 1. The van der Waals surface area contributed by atoms with E-state index in [1.807, 2.05) is 20.8 Å². The molecule has 0 heterocycles. The molecule has 142 valence electrons. The van der Waals surface area contributed by atoms with Gasteiger partial charge in [-0.1, -0.05) is 51.9 Å². The van der Waals surface area contributed by atoms with Crippen LogP contribution in [0.5, 0.6) is 0 Å². The van der Waals surface area contributed by atoms with Crippen LogP contribution < -0.4 is 10.6 Å². The van der Waals surface area contributed by atoms with Gasteiger partial charge in [0.25, 0.3) is 0 Å². The molecule has 2 N–H and O–H groups in total. The van der Waals surface area contributed by atoms with Crippen molar-refractivity contribution in [3.63, 3.8) is 0 Å². The topological polar surface area (TPSA) is 50.4 Å². The standard InChI is InChI=1S/C20H40N2O2/c1-6-7-8-10-13-16(2)21-17-14-11-9-12-15-18(17)22-19(23)24-20(3,4)5/h16-18,21H,6-15H2,1-5H3,(H,22,23). The third-order valence-electron chi connectivity index (χ3n) is 4.71. The van der Waals surface area contributed by atoms with Gasteiger partial charge in [0.1, 0.15) is 5.60 Å². The number of hydrogen-bond donors (Lipinski definition) is 2. The summed E-state index contributed by atoms with van der Waals surface area (Å²) in [4.78, 5) is 12.2. The van der Waals surface area contributed by atoms with Crippen molar-refractivity contribution >= 4 is 6.09 Å². The van der Waals surface area contributed by atoms with Crippen molar-refractivity contribution in [3.8, 4) is 0 Å².